The third kappa shape index (κ3) is 5.47. The Morgan fingerprint density at radius 1 is 0.941 bits per heavy atom. The molecular weight excluding hydrogens is 433 g/mol. The average molecular weight is 460 g/mol. The van der Waals surface area contributed by atoms with Gasteiger partial charge in [0.1, 0.15) is 23.0 Å². The van der Waals surface area contributed by atoms with Gasteiger partial charge in [-0.15, -0.1) is 0 Å². The van der Waals surface area contributed by atoms with E-state index in [1.54, 1.807) is 18.3 Å². The molecule has 0 saturated carbocycles. The van der Waals surface area contributed by atoms with Crippen molar-refractivity contribution in [2.75, 3.05) is 32.8 Å². The zero-order valence-corrected chi connectivity index (χ0v) is 18.8. The lowest BCUT2D eigenvalue weighted by atomic mass is 10.0. The van der Waals surface area contributed by atoms with Crippen LogP contribution in [0.5, 0.6) is 11.8 Å². The van der Waals surface area contributed by atoms with Crippen LogP contribution in [-0.2, 0) is 11.3 Å². The number of benzene rings is 2. The lowest BCUT2D eigenvalue weighted by Gasteiger charge is -2.26. The SMILES string of the molecule is Fc1ccc(-c2cnc(Oc3ccccc3)nc2-c2cn(CCCN3CCOCC3)cn2)cc1. The van der Waals surface area contributed by atoms with Crippen molar-refractivity contribution in [3.63, 3.8) is 0 Å². The first kappa shape index (κ1) is 22.2. The predicted octanol–water partition coefficient (Wildman–Crippen LogP) is 4.66. The Hall–Kier alpha value is -3.62. The number of aromatic nitrogens is 4. The standard InChI is InChI=1S/C26H26FN5O2/c27-21-9-7-20(8-10-21)23-17-28-26(34-22-5-2-1-3-6-22)30-25(23)24-18-32(19-29-24)12-4-11-31-13-15-33-16-14-31/h1-3,5-10,17-19H,4,11-16H2. The van der Waals surface area contributed by atoms with Crippen LogP contribution in [0.2, 0.25) is 0 Å². The molecule has 2 aromatic heterocycles. The summed E-state index contributed by atoms with van der Waals surface area (Å²) >= 11 is 0. The van der Waals surface area contributed by atoms with Crippen LogP contribution in [0.4, 0.5) is 4.39 Å². The molecule has 174 valence electrons. The Balaban J connectivity index is 1.38. The summed E-state index contributed by atoms with van der Waals surface area (Å²) in [4.78, 5) is 16.1. The number of hydrogen-bond donors (Lipinski definition) is 0. The fraction of sp³-hybridized carbons (Fsp3) is 0.269. The van der Waals surface area contributed by atoms with Gasteiger partial charge in [-0.1, -0.05) is 30.3 Å². The van der Waals surface area contributed by atoms with Gasteiger partial charge in [0, 0.05) is 44.1 Å². The molecule has 1 aliphatic rings. The second kappa shape index (κ2) is 10.5. The highest BCUT2D eigenvalue weighted by molar-refractivity contribution is 5.78. The van der Waals surface area contributed by atoms with Crippen molar-refractivity contribution in [2.45, 2.75) is 13.0 Å². The van der Waals surface area contributed by atoms with Gasteiger partial charge in [0.25, 0.3) is 0 Å². The van der Waals surface area contributed by atoms with E-state index >= 15 is 0 Å². The van der Waals surface area contributed by atoms with Gasteiger partial charge in [-0.25, -0.2) is 14.4 Å². The summed E-state index contributed by atoms with van der Waals surface area (Å²) in [5.74, 6) is 0.358. The van der Waals surface area contributed by atoms with Gasteiger partial charge in [-0.3, -0.25) is 4.90 Å². The van der Waals surface area contributed by atoms with E-state index in [-0.39, 0.29) is 11.8 Å². The molecule has 5 rings (SSSR count). The molecule has 0 spiro atoms. The fourth-order valence-corrected chi connectivity index (χ4v) is 3.95. The van der Waals surface area contributed by atoms with E-state index in [9.17, 15) is 4.39 Å². The second-order valence-electron chi connectivity index (χ2n) is 8.14. The number of rotatable bonds is 8. The topological polar surface area (TPSA) is 65.3 Å². The number of nitrogens with zero attached hydrogens (tertiary/aromatic N) is 5. The fourth-order valence-electron chi connectivity index (χ4n) is 3.95. The number of morpholine rings is 1. The molecule has 0 unspecified atom stereocenters. The van der Waals surface area contributed by atoms with E-state index in [0.29, 0.717) is 17.1 Å². The number of ether oxygens (including phenoxy) is 2. The third-order valence-corrected chi connectivity index (χ3v) is 5.74. The second-order valence-corrected chi connectivity index (χ2v) is 8.14. The molecule has 0 amide bonds. The van der Waals surface area contributed by atoms with E-state index in [0.717, 1.165) is 56.9 Å². The normalized spacial score (nSPS) is 14.3. The number of halogens is 1. The smallest absolute Gasteiger partial charge is 0.322 e. The largest absolute Gasteiger partial charge is 0.424 e. The van der Waals surface area contributed by atoms with Gasteiger partial charge >= 0.3 is 6.01 Å². The zero-order chi connectivity index (χ0) is 23.2. The van der Waals surface area contributed by atoms with Crippen molar-refractivity contribution in [3.05, 3.63) is 79.1 Å². The van der Waals surface area contributed by atoms with Gasteiger partial charge in [0.2, 0.25) is 0 Å². The van der Waals surface area contributed by atoms with E-state index in [1.807, 2.05) is 42.9 Å². The first-order valence-electron chi connectivity index (χ1n) is 11.4. The summed E-state index contributed by atoms with van der Waals surface area (Å²) < 4.78 is 26.9. The first-order chi connectivity index (χ1) is 16.7. The van der Waals surface area contributed by atoms with Gasteiger partial charge in [0.15, 0.2) is 0 Å². The molecule has 0 bridgehead atoms. The number of imidazole rings is 1. The Labute approximate surface area is 197 Å². The minimum atomic E-state index is -0.292. The van der Waals surface area contributed by atoms with Crippen molar-refractivity contribution < 1.29 is 13.9 Å². The van der Waals surface area contributed by atoms with Crippen molar-refractivity contribution in [3.8, 4) is 34.3 Å². The quantitative estimate of drug-likeness (QED) is 0.382. The van der Waals surface area contributed by atoms with E-state index in [4.69, 9.17) is 9.47 Å². The van der Waals surface area contributed by atoms with Crippen LogP contribution in [0.3, 0.4) is 0 Å². The van der Waals surface area contributed by atoms with Crippen molar-refractivity contribution in [2.24, 2.45) is 0 Å². The Morgan fingerprint density at radius 2 is 1.74 bits per heavy atom. The summed E-state index contributed by atoms with van der Waals surface area (Å²) in [5, 5.41) is 0. The highest BCUT2D eigenvalue weighted by atomic mass is 19.1. The molecule has 1 aliphatic heterocycles. The van der Waals surface area contributed by atoms with Crippen LogP contribution >= 0.6 is 0 Å². The lowest BCUT2D eigenvalue weighted by Crippen LogP contribution is -2.37. The number of aryl methyl sites for hydroxylation is 1. The van der Waals surface area contributed by atoms with E-state index in [2.05, 4.69) is 24.4 Å². The minimum absolute atomic E-state index is 0.230. The summed E-state index contributed by atoms with van der Waals surface area (Å²) in [7, 11) is 0. The maximum atomic E-state index is 13.5. The van der Waals surface area contributed by atoms with Crippen LogP contribution in [0.25, 0.3) is 22.5 Å². The molecule has 0 aliphatic carbocycles. The molecule has 2 aromatic carbocycles. The maximum Gasteiger partial charge on any atom is 0.322 e. The molecule has 34 heavy (non-hydrogen) atoms. The highest BCUT2D eigenvalue weighted by Gasteiger charge is 2.16. The molecular formula is C26H26FN5O2. The van der Waals surface area contributed by atoms with E-state index < -0.39 is 0 Å². The van der Waals surface area contributed by atoms with Gasteiger partial charge in [-0.05, 0) is 36.2 Å². The van der Waals surface area contributed by atoms with Crippen molar-refractivity contribution in [1.82, 2.24) is 24.4 Å². The Kier molecular flexibility index (Phi) is 6.88. The summed E-state index contributed by atoms with van der Waals surface area (Å²) in [6, 6.07) is 15.9. The van der Waals surface area contributed by atoms with Crippen LogP contribution < -0.4 is 4.74 Å². The van der Waals surface area contributed by atoms with Crippen molar-refractivity contribution >= 4 is 0 Å². The Morgan fingerprint density at radius 3 is 2.53 bits per heavy atom. The summed E-state index contributed by atoms with van der Waals surface area (Å²) in [6.07, 6.45) is 6.53. The lowest BCUT2D eigenvalue weighted by molar-refractivity contribution is 0.0369. The van der Waals surface area contributed by atoms with Crippen LogP contribution in [0, 0.1) is 5.82 Å². The van der Waals surface area contributed by atoms with Crippen LogP contribution in [0.15, 0.2) is 73.3 Å². The molecule has 8 heteroatoms. The van der Waals surface area contributed by atoms with E-state index in [1.165, 1.54) is 12.1 Å². The number of hydrogen-bond acceptors (Lipinski definition) is 6. The Bertz CT molecular complexity index is 1210. The molecule has 7 nitrogen and oxygen atoms in total. The summed E-state index contributed by atoms with van der Waals surface area (Å²) in [5.41, 5.74) is 2.92. The number of para-hydroxylation sites is 1. The van der Waals surface area contributed by atoms with Crippen molar-refractivity contribution in [1.29, 1.82) is 0 Å². The molecule has 4 aromatic rings. The molecule has 1 fully saturated rings. The average Bonchev–Trinajstić information content (AvgIpc) is 3.35. The van der Waals surface area contributed by atoms with Gasteiger partial charge < -0.3 is 14.0 Å². The monoisotopic (exact) mass is 459 g/mol. The zero-order valence-electron chi connectivity index (χ0n) is 18.8. The van der Waals surface area contributed by atoms with Crippen LogP contribution in [0.1, 0.15) is 6.42 Å². The molecule has 0 atom stereocenters. The molecule has 0 radical (unpaired) electrons. The molecule has 1 saturated heterocycles. The van der Waals surface area contributed by atoms with Gasteiger partial charge in [0.05, 0.1) is 19.5 Å². The first-order valence-corrected chi connectivity index (χ1v) is 11.4. The third-order valence-electron chi connectivity index (χ3n) is 5.74. The molecule has 0 N–H and O–H groups in total. The maximum absolute atomic E-state index is 13.5. The predicted molar refractivity (Wildman–Crippen MR) is 127 cm³/mol. The summed E-state index contributed by atoms with van der Waals surface area (Å²) in [6.45, 7) is 5.47. The molecule has 3 heterocycles. The van der Waals surface area contributed by atoms with Gasteiger partial charge in [-0.2, -0.15) is 4.98 Å². The minimum Gasteiger partial charge on any atom is -0.424 e. The highest BCUT2D eigenvalue weighted by Crippen LogP contribution is 2.31. The van der Waals surface area contributed by atoms with Crippen LogP contribution in [-0.4, -0.2) is 57.3 Å².